The Kier molecular flexibility index (Phi) is 8.47. The van der Waals surface area contributed by atoms with Crippen LogP contribution in [0.3, 0.4) is 0 Å². The number of aryl methyl sites for hydroxylation is 3. The number of hydrogen-bond acceptors (Lipinski definition) is 0. The predicted octanol–water partition coefficient (Wildman–Crippen LogP) is 8.57. The molecule has 0 aromatic heterocycles. The average Bonchev–Trinajstić information content (AvgIpc) is 2.83. The molecule has 0 bridgehead atoms. The maximum Gasteiger partial charge on any atom is -0.0238 e. The van der Waals surface area contributed by atoms with Crippen molar-refractivity contribution in [1.29, 1.82) is 0 Å². The highest BCUT2D eigenvalue weighted by molar-refractivity contribution is 5.24. The summed E-state index contributed by atoms with van der Waals surface area (Å²) >= 11 is 0. The molecule has 0 aliphatic heterocycles. The summed E-state index contributed by atoms with van der Waals surface area (Å²) in [6.07, 6.45) is 21.6. The van der Waals surface area contributed by atoms with E-state index in [2.05, 4.69) is 54.6 Å². The topological polar surface area (TPSA) is 0 Å². The standard InChI is InChI=1S/C30H42/c1-3-7-25(8-4-1)11-13-27-15-19-29(20-16-27)23-24-30-21-17-28(18-22-30)14-12-26-9-5-2-6-10-26/h1,3-4,7-8,15-16,19-20,26,28,30H,2,5-6,9-14,17-18,21-24H2. The summed E-state index contributed by atoms with van der Waals surface area (Å²) in [5, 5.41) is 0. The number of hydrogen-bond donors (Lipinski definition) is 0. The minimum Gasteiger partial charge on any atom is -0.0622 e. The van der Waals surface area contributed by atoms with Crippen LogP contribution in [-0.2, 0) is 19.3 Å². The van der Waals surface area contributed by atoms with E-state index in [0.717, 1.165) is 30.6 Å². The van der Waals surface area contributed by atoms with Crippen molar-refractivity contribution in [3.63, 3.8) is 0 Å². The minimum absolute atomic E-state index is 0.980. The molecular weight excluding hydrogens is 360 g/mol. The molecule has 0 atom stereocenters. The zero-order valence-electron chi connectivity index (χ0n) is 19.0. The normalized spacial score (nSPS) is 22.8. The van der Waals surface area contributed by atoms with Gasteiger partial charge in [-0.15, -0.1) is 0 Å². The molecule has 30 heavy (non-hydrogen) atoms. The van der Waals surface area contributed by atoms with Gasteiger partial charge < -0.3 is 0 Å². The Morgan fingerprint density at radius 2 is 0.900 bits per heavy atom. The highest BCUT2D eigenvalue weighted by Crippen LogP contribution is 2.36. The van der Waals surface area contributed by atoms with Crippen LogP contribution in [0.2, 0.25) is 0 Å². The Labute approximate surface area is 185 Å². The Morgan fingerprint density at radius 1 is 0.433 bits per heavy atom. The van der Waals surface area contributed by atoms with E-state index in [1.54, 1.807) is 0 Å². The minimum atomic E-state index is 0.980. The molecule has 0 heteroatoms. The summed E-state index contributed by atoms with van der Waals surface area (Å²) in [7, 11) is 0. The molecule has 0 unspecified atom stereocenters. The molecule has 2 aliphatic carbocycles. The lowest BCUT2D eigenvalue weighted by molar-refractivity contribution is 0.229. The van der Waals surface area contributed by atoms with Crippen molar-refractivity contribution >= 4 is 0 Å². The third kappa shape index (κ3) is 7.00. The first-order chi connectivity index (χ1) is 14.8. The van der Waals surface area contributed by atoms with Gasteiger partial charge in [-0.2, -0.15) is 0 Å². The van der Waals surface area contributed by atoms with Crippen molar-refractivity contribution in [2.75, 3.05) is 0 Å². The molecule has 2 aromatic rings. The quantitative estimate of drug-likeness (QED) is 0.394. The van der Waals surface area contributed by atoms with E-state index < -0.39 is 0 Å². The van der Waals surface area contributed by atoms with Gasteiger partial charge in [0.25, 0.3) is 0 Å². The second-order valence-corrected chi connectivity index (χ2v) is 10.3. The molecular formula is C30H42. The first-order valence-corrected chi connectivity index (χ1v) is 13.0. The summed E-state index contributed by atoms with van der Waals surface area (Å²) in [5.74, 6) is 3.10. The molecule has 2 saturated carbocycles. The fourth-order valence-electron chi connectivity index (χ4n) is 5.93. The van der Waals surface area contributed by atoms with Gasteiger partial charge in [-0.25, -0.2) is 0 Å². The van der Waals surface area contributed by atoms with E-state index in [1.165, 1.54) is 100 Å². The van der Waals surface area contributed by atoms with Gasteiger partial charge in [-0.05, 0) is 60.1 Å². The van der Waals surface area contributed by atoms with Crippen LogP contribution in [0.4, 0.5) is 0 Å². The Balaban J connectivity index is 1.11. The summed E-state index contributed by atoms with van der Waals surface area (Å²) in [4.78, 5) is 0. The molecule has 2 aromatic carbocycles. The molecule has 0 saturated heterocycles. The lowest BCUT2D eigenvalue weighted by atomic mass is 9.76. The summed E-state index contributed by atoms with van der Waals surface area (Å²) < 4.78 is 0. The summed E-state index contributed by atoms with van der Waals surface area (Å²) in [6, 6.07) is 20.3. The summed E-state index contributed by atoms with van der Waals surface area (Å²) in [6.45, 7) is 0. The van der Waals surface area contributed by atoms with Crippen molar-refractivity contribution in [2.45, 2.75) is 96.3 Å². The Bertz CT molecular complexity index is 699. The lowest BCUT2D eigenvalue weighted by Crippen LogP contribution is -2.16. The Hall–Kier alpha value is -1.56. The predicted molar refractivity (Wildman–Crippen MR) is 130 cm³/mol. The molecule has 0 radical (unpaired) electrons. The SMILES string of the molecule is c1ccc(CCc2ccc(CCC3CCC(CCC4CCCCC4)CC3)cc2)cc1. The van der Waals surface area contributed by atoms with E-state index in [9.17, 15) is 0 Å². The van der Waals surface area contributed by atoms with Crippen molar-refractivity contribution in [2.24, 2.45) is 17.8 Å². The average molecular weight is 403 g/mol. The third-order valence-corrected chi connectivity index (χ3v) is 8.08. The van der Waals surface area contributed by atoms with Gasteiger partial charge in [0, 0.05) is 0 Å². The van der Waals surface area contributed by atoms with E-state index in [-0.39, 0.29) is 0 Å². The van der Waals surface area contributed by atoms with Gasteiger partial charge in [0.1, 0.15) is 0 Å². The maximum absolute atomic E-state index is 2.39. The van der Waals surface area contributed by atoms with Crippen LogP contribution in [-0.4, -0.2) is 0 Å². The van der Waals surface area contributed by atoms with Crippen LogP contribution in [0.25, 0.3) is 0 Å². The van der Waals surface area contributed by atoms with Crippen molar-refractivity contribution < 1.29 is 0 Å². The van der Waals surface area contributed by atoms with Gasteiger partial charge in [0.15, 0.2) is 0 Å². The highest BCUT2D eigenvalue weighted by Gasteiger charge is 2.22. The smallest absolute Gasteiger partial charge is 0.0238 e. The highest BCUT2D eigenvalue weighted by atomic mass is 14.3. The zero-order valence-corrected chi connectivity index (χ0v) is 19.0. The zero-order chi connectivity index (χ0) is 20.4. The van der Waals surface area contributed by atoms with Crippen LogP contribution in [0.1, 0.15) is 93.7 Å². The van der Waals surface area contributed by atoms with Gasteiger partial charge >= 0.3 is 0 Å². The van der Waals surface area contributed by atoms with E-state index >= 15 is 0 Å². The van der Waals surface area contributed by atoms with Crippen LogP contribution < -0.4 is 0 Å². The van der Waals surface area contributed by atoms with Crippen molar-refractivity contribution in [3.8, 4) is 0 Å². The molecule has 162 valence electrons. The number of rotatable bonds is 9. The van der Waals surface area contributed by atoms with Crippen molar-refractivity contribution in [3.05, 3.63) is 71.3 Å². The molecule has 0 heterocycles. The molecule has 0 amide bonds. The largest absolute Gasteiger partial charge is 0.0622 e. The lowest BCUT2D eigenvalue weighted by Gasteiger charge is -2.30. The van der Waals surface area contributed by atoms with Gasteiger partial charge in [0.2, 0.25) is 0 Å². The van der Waals surface area contributed by atoms with Crippen LogP contribution in [0.5, 0.6) is 0 Å². The van der Waals surface area contributed by atoms with E-state index in [1.807, 2.05) is 0 Å². The maximum atomic E-state index is 2.39. The van der Waals surface area contributed by atoms with Gasteiger partial charge in [0.05, 0.1) is 0 Å². The second kappa shape index (κ2) is 11.7. The first kappa shape index (κ1) is 21.7. The molecule has 0 spiro atoms. The molecule has 2 aliphatic rings. The van der Waals surface area contributed by atoms with Crippen LogP contribution in [0, 0.1) is 17.8 Å². The molecule has 2 fully saturated rings. The van der Waals surface area contributed by atoms with Crippen LogP contribution in [0.15, 0.2) is 54.6 Å². The third-order valence-electron chi connectivity index (χ3n) is 8.08. The first-order valence-electron chi connectivity index (χ1n) is 13.0. The van der Waals surface area contributed by atoms with E-state index in [4.69, 9.17) is 0 Å². The molecule has 4 rings (SSSR count). The number of benzene rings is 2. The molecule has 0 N–H and O–H groups in total. The molecule has 0 nitrogen and oxygen atoms in total. The van der Waals surface area contributed by atoms with E-state index in [0.29, 0.717) is 0 Å². The monoisotopic (exact) mass is 402 g/mol. The van der Waals surface area contributed by atoms with Gasteiger partial charge in [-0.3, -0.25) is 0 Å². The van der Waals surface area contributed by atoms with Crippen LogP contribution >= 0.6 is 0 Å². The fourth-order valence-corrected chi connectivity index (χ4v) is 5.93. The fraction of sp³-hybridized carbons (Fsp3) is 0.600. The summed E-state index contributed by atoms with van der Waals surface area (Å²) in [5.41, 5.74) is 4.45. The van der Waals surface area contributed by atoms with Crippen molar-refractivity contribution in [1.82, 2.24) is 0 Å². The Morgan fingerprint density at radius 3 is 1.50 bits per heavy atom. The van der Waals surface area contributed by atoms with Gasteiger partial charge in [-0.1, -0.05) is 125 Å². The second-order valence-electron chi connectivity index (χ2n) is 10.3.